The molecule has 9 heavy (non-hydrogen) atoms. The minimum atomic E-state index is -0.530. The molecule has 0 spiro atoms. The van der Waals surface area contributed by atoms with Crippen molar-refractivity contribution in [3.8, 4) is 0 Å². The van der Waals surface area contributed by atoms with Gasteiger partial charge in [-0.3, -0.25) is 0 Å². The van der Waals surface area contributed by atoms with E-state index in [-0.39, 0.29) is 11.9 Å². The van der Waals surface area contributed by atoms with Gasteiger partial charge in [-0.25, -0.2) is 0 Å². The number of thioether (sulfide) groups is 1. The first-order valence-electron chi connectivity index (χ1n) is 3.09. The first kappa shape index (κ1) is 7.38. The predicted molar refractivity (Wildman–Crippen MR) is 38.6 cm³/mol. The van der Waals surface area contributed by atoms with Crippen molar-refractivity contribution >= 4 is 11.8 Å². The van der Waals surface area contributed by atoms with E-state index in [9.17, 15) is 5.11 Å². The summed E-state index contributed by atoms with van der Waals surface area (Å²) in [6, 6.07) is 0. The molecule has 1 rings (SSSR count). The Morgan fingerprint density at radius 1 is 1.78 bits per heavy atom. The molecule has 0 aliphatic carbocycles. The minimum Gasteiger partial charge on any atom is -0.395 e. The van der Waals surface area contributed by atoms with Gasteiger partial charge in [-0.2, -0.15) is 11.8 Å². The van der Waals surface area contributed by atoms with Gasteiger partial charge < -0.3 is 10.2 Å². The van der Waals surface area contributed by atoms with Crippen LogP contribution >= 0.6 is 11.8 Å². The standard InChI is InChI=1S/C6H12O2S/c1-6(8)2-5(3-7)9-4-6/h5,7-8H,2-4H2,1H3/t5-,6+/m0/s1. The Hall–Kier alpha value is 0.270. The highest BCUT2D eigenvalue weighted by molar-refractivity contribution is 8.00. The summed E-state index contributed by atoms with van der Waals surface area (Å²) in [6.07, 6.45) is 0.730. The lowest BCUT2D eigenvalue weighted by molar-refractivity contribution is 0.0786. The van der Waals surface area contributed by atoms with Gasteiger partial charge in [0.2, 0.25) is 0 Å². The van der Waals surface area contributed by atoms with Crippen LogP contribution in [0.2, 0.25) is 0 Å². The second-order valence-electron chi connectivity index (χ2n) is 2.82. The highest BCUT2D eigenvalue weighted by Gasteiger charge is 2.32. The molecule has 54 valence electrons. The SMILES string of the molecule is C[C@]1(O)CS[C@H](CO)C1. The van der Waals surface area contributed by atoms with Crippen molar-refractivity contribution in [1.29, 1.82) is 0 Å². The van der Waals surface area contributed by atoms with Crippen molar-refractivity contribution in [2.75, 3.05) is 12.4 Å². The fourth-order valence-corrected chi connectivity index (χ4v) is 2.32. The summed E-state index contributed by atoms with van der Waals surface area (Å²) < 4.78 is 0. The fraction of sp³-hybridized carbons (Fsp3) is 1.00. The Labute approximate surface area is 59.3 Å². The average molecular weight is 148 g/mol. The molecule has 2 atom stereocenters. The van der Waals surface area contributed by atoms with E-state index in [4.69, 9.17) is 5.11 Å². The molecule has 1 saturated heterocycles. The second-order valence-corrected chi connectivity index (χ2v) is 4.11. The van der Waals surface area contributed by atoms with Crippen LogP contribution in [0.15, 0.2) is 0 Å². The van der Waals surface area contributed by atoms with Crippen LogP contribution in [0, 0.1) is 0 Å². The van der Waals surface area contributed by atoms with Gasteiger partial charge in [-0.1, -0.05) is 0 Å². The third kappa shape index (κ3) is 1.85. The Morgan fingerprint density at radius 2 is 2.44 bits per heavy atom. The Kier molecular flexibility index (Phi) is 2.03. The molecule has 1 aliphatic rings. The molecular weight excluding hydrogens is 136 g/mol. The lowest BCUT2D eigenvalue weighted by Gasteiger charge is -2.13. The zero-order valence-electron chi connectivity index (χ0n) is 5.50. The first-order valence-corrected chi connectivity index (χ1v) is 4.14. The molecule has 2 nitrogen and oxygen atoms in total. The molecule has 0 saturated carbocycles. The van der Waals surface area contributed by atoms with Crippen molar-refractivity contribution in [2.24, 2.45) is 0 Å². The zero-order valence-corrected chi connectivity index (χ0v) is 6.32. The monoisotopic (exact) mass is 148 g/mol. The van der Waals surface area contributed by atoms with E-state index in [2.05, 4.69) is 0 Å². The van der Waals surface area contributed by atoms with Crippen LogP contribution in [0.3, 0.4) is 0 Å². The molecule has 1 fully saturated rings. The Bertz CT molecular complexity index is 103. The Morgan fingerprint density at radius 3 is 2.67 bits per heavy atom. The second kappa shape index (κ2) is 2.48. The van der Waals surface area contributed by atoms with E-state index >= 15 is 0 Å². The van der Waals surface area contributed by atoms with Gasteiger partial charge in [-0.15, -0.1) is 0 Å². The maximum absolute atomic E-state index is 9.36. The molecule has 1 aliphatic heterocycles. The molecule has 0 aromatic rings. The van der Waals surface area contributed by atoms with Gasteiger partial charge in [0.25, 0.3) is 0 Å². The van der Waals surface area contributed by atoms with Crippen LogP contribution in [0.5, 0.6) is 0 Å². The molecule has 0 amide bonds. The number of aliphatic hydroxyl groups is 2. The average Bonchev–Trinajstić information content (AvgIpc) is 2.10. The maximum atomic E-state index is 9.36. The first-order chi connectivity index (χ1) is 4.14. The number of hydrogen-bond acceptors (Lipinski definition) is 3. The van der Waals surface area contributed by atoms with E-state index in [1.54, 1.807) is 11.8 Å². The topological polar surface area (TPSA) is 40.5 Å². The molecule has 0 unspecified atom stereocenters. The van der Waals surface area contributed by atoms with Gasteiger partial charge in [0.1, 0.15) is 0 Å². The minimum absolute atomic E-state index is 0.195. The largest absolute Gasteiger partial charge is 0.395 e. The summed E-state index contributed by atoms with van der Waals surface area (Å²) >= 11 is 1.65. The van der Waals surface area contributed by atoms with Gasteiger partial charge in [0, 0.05) is 11.0 Å². The van der Waals surface area contributed by atoms with Gasteiger partial charge in [-0.05, 0) is 13.3 Å². The van der Waals surface area contributed by atoms with Crippen LogP contribution in [0.25, 0.3) is 0 Å². The summed E-state index contributed by atoms with van der Waals surface area (Å²) in [5, 5.41) is 18.3. The smallest absolute Gasteiger partial charge is 0.0721 e. The Balaban J connectivity index is 2.38. The molecule has 0 radical (unpaired) electrons. The molecule has 0 aromatic heterocycles. The van der Waals surface area contributed by atoms with Crippen molar-refractivity contribution < 1.29 is 10.2 Å². The fourth-order valence-electron chi connectivity index (χ4n) is 1.02. The number of hydrogen-bond donors (Lipinski definition) is 2. The lowest BCUT2D eigenvalue weighted by Crippen LogP contribution is -2.24. The molecule has 3 heteroatoms. The summed E-state index contributed by atoms with van der Waals surface area (Å²) in [5.41, 5.74) is -0.530. The van der Waals surface area contributed by atoms with Crippen LogP contribution < -0.4 is 0 Å². The van der Waals surface area contributed by atoms with Crippen molar-refractivity contribution in [2.45, 2.75) is 24.2 Å². The lowest BCUT2D eigenvalue weighted by atomic mass is 10.0. The summed E-state index contributed by atoms with van der Waals surface area (Å²) in [7, 11) is 0. The quantitative estimate of drug-likeness (QED) is 0.559. The highest BCUT2D eigenvalue weighted by Crippen LogP contribution is 2.33. The van der Waals surface area contributed by atoms with E-state index in [1.165, 1.54) is 0 Å². The van der Waals surface area contributed by atoms with Crippen molar-refractivity contribution in [3.63, 3.8) is 0 Å². The van der Waals surface area contributed by atoms with Gasteiger partial charge in [0.05, 0.1) is 12.2 Å². The molecule has 2 N–H and O–H groups in total. The van der Waals surface area contributed by atoms with Crippen LogP contribution in [-0.4, -0.2) is 33.4 Å². The van der Waals surface area contributed by atoms with Crippen LogP contribution in [-0.2, 0) is 0 Å². The molecular formula is C6H12O2S. The third-order valence-electron chi connectivity index (χ3n) is 1.50. The van der Waals surface area contributed by atoms with Crippen LogP contribution in [0.1, 0.15) is 13.3 Å². The summed E-state index contributed by atoms with van der Waals surface area (Å²) in [4.78, 5) is 0. The van der Waals surface area contributed by atoms with Gasteiger partial charge >= 0.3 is 0 Å². The summed E-state index contributed by atoms with van der Waals surface area (Å²) in [5.74, 6) is 0.762. The van der Waals surface area contributed by atoms with Crippen LogP contribution in [0.4, 0.5) is 0 Å². The zero-order chi connectivity index (χ0) is 6.91. The van der Waals surface area contributed by atoms with E-state index in [0.717, 1.165) is 12.2 Å². The van der Waals surface area contributed by atoms with Crippen molar-refractivity contribution in [1.82, 2.24) is 0 Å². The number of rotatable bonds is 1. The highest BCUT2D eigenvalue weighted by atomic mass is 32.2. The normalized spacial score (nSPS) is 43.7. The van der Waals surface area contributed by atoms with Crippen molar-refractivity contribution in [3.05, 3.63) is 0 Å². The summed E-state index contributed by atoms with van der Waals surface area (Å²) in [6.45, 7) is 2.01. The molecule has 1 heterocycles. The van der Waals surface area contributed by atoms with Gasteiger partial charge in [0.15, 0.2) is 0 Å². The number of aliphatic hydroxyl groups excluding tert-OH is 1. The van der Waals surface area contributed by atoms with E-state index in [0.29, 0.717) is 0 Å². The predicted octanol–water partition coefficient (Wildman–Crippen LogP) is 0.235. The van der Waals surface area contributed by atoms with E-state index in [1.807, 2.05) is 6.92 Å². The maximum Gasteiger partial charge on any atom is 0.0721 e. The molecule has 0 bridgehead atoms. The van der Waals surface area contributed by atoms with E-state index < -0.39 is 5.60 Å². The molecule has 0 aromatic carbocycles. The third-order valence-corrected chi connectivity index (χ3v) is 3.08.